The third kappa shape index (κ3) is 33.7. The van der Waals surface area contributed by atoms with E-state index < -0.39 is 0 Å². The van der Waals surface area contributed by atoms with E-state index in [1.54, 1.807) is 7.11 Å². The minimum absolute atomic E-state index is 0.0308. The lowest BCUT2D eigenvalue weighted by atomic mass is 9.84. The van der Waals surface area contributed by atoms with E-state index in [-0.39, 0.29) is 38.6 Å². The standard InChI is InChI=1S/C46H86O16.C15H28O4.C10H20O3/c1-3-43(29-59-30-43)28-52-16-8-5-13-49-22-25-56-35-45(39-61-40-45)32-54-18-10-7-15-51-24-27-58-36-46(41-62-42-46)33-55-19-11-6-14-50-23-26-57-34-44(37-60-38-44)31-53-17-9-4-12-48-21-20-47-2;1-4-14(8-17-9-14)7-16-6-13(3)19-12-15(5-2)10-18-11-15;1-3-10(8-13-9-10)7-12-6-5-11-4-2/h3-42H2,1-2H3;13H,4-12H2,1-3H3;3-9H2,1-2H3. The second kappa shape index (κ2) is 50.4. The number of rotatable bonds is 63. The number of hydrogen-bond acceptors (Lipinski definition) is 23. The fourth-order valence-electron chi connectivity index (χ4n) is 10.8. The van der Waals surface area contributed by atoms with Crippen molar-refractivity contribution in [2.24, 2.45) is 37.9 Å². The van der Waals surface area contributed by atoms with Crippen LogP contribution in [0.1, 0.15) is 119 Å². The molecule has 556 valence electrons. The quantitative estimate of drug-likeness (QED) is 0.0526. The molecule has 7 fully saturated rings. The zero-order valence-electron chi connectivity index (χ0n) is 60.1. The van der Waals surface area contributed by atoms with Gasteiger partial charge in [-0.15, -0.1) is 0 Å². The maximum absolute atomic E-state index is 6.01. The summed E-state index contributed by atoms with van der Waals surface area (Å²) in [6.45, 7) is 44.1. The van der Waals surface area contributed by atoms with Gasteiger partial charge in [0.05, 0.1) is 254 Å². The summed E-state index contributed by atoms with van der Waals surface area (Å²) < 4.78 is 129. The van der Waals surface area contributed by atoms with E-state index >= 15 is 0 Å². The molecule has 7 aliphatic rings. The summed E-state index contributed by atoms with van der Waals surface area (Å²) in [5.41, 5.74) is 0.978. The number of hydrogen-bond donors (Lipinski definition) is 0. The van der Waals surface area contributed by atoms with Crippen LogP contribution in [0.3, 0.4) is 0 Å². The molecule has 0 aromatic carbocycles. The first kappa shape index (κ1) is 83.7. The van der Waals surface area contributed by atoms with Crippen LogP contribution in [0.5, 0.6) is 0 Å². The van der Waals surface area contributed by atoms with E-state index in [2.05, 4.69) is 34.6 Å². The van der Waals surface area contributed by atoms with Crippen LogP contribution in [-0.2, 0) is 109 Å². The molecule has 0 aromatic heterocycles. The molecule has 23 nitrogen and oxygen atoms in total. The molecule has 0 saturated carbocycles. The number of unbranched alkanes of at least 4 members (excludes halogenated alkanes) is 4. The van der Waals surface area contributed by atoms with Crippen molar-refractivity contribution in [2.75, 3.05) is 298 Å². The highest BCUT2D eigenvalue weighted by molar-refractivity contribution is 4.89. The van der Waals surface area contributed by atoms with Gasteiger partial charge >= 0.3 is 0 Å². The molecule has 0 bridgehead atoms. The van der Waals surface area contributed by atoms with Crippen LogP contribution in [0.4, 0.5) is 0 Å². The molecule has 1 atom stereocenters. The van der Waals surface area contributed by atoms with Crippen molar-refractivity contribution in [2.45, 2.75) is 125 Å². The average molecular weight is 1360 g/mol. The summed E-state index contributed by atoms with van der Waals surface area (Å²) >= 11 is 0. The average Bonchev–Trinajstić information content (AvgIpc) is 0.916. The maximum atomic E-state index is 6.01. The summed E-state index contributed by atoms with van der Waals surface area (Å²) in [5, 5.41) is 0. The largest absolute Gasteiger partial charge is 0.382 e. The first-order valence-corrected chi connectivity index (χ1v) is 36.3. The van der Waals surface area contributed by atoms with Gasteiger partial charge in [-0.25, -0.2) is 0 Å². The van der Waals surface area contributed by atoms with Gasteiger partial charge < -0.3 is 109 Å². The molecule has 0 spiro atoms. The monoisotopic (exact) mass is 1350 g/mol. The van der Waals surface area contributed by atoms with Crippen molar-refractivity contribution in [3.8, 4) is 0 Å². The van der Waals surface area contributed by atoms with E-state index in [9.17, 15) is 0 Å². The fourth-order valence-corrected chi connectivity index (χ4v) is 10.8. The van der Waals surface area contributed by atoms with Crippen LogP contribution >= 0.6 is 0 Å². The van der Waals surface area contributed by atoms with E-state index in [0.717, 1.165) is 189 Å². The second-order valence-electron chi connectivity index (χ2n) is 27.9. The van der Waals surface area contributed by atoms with E-state index in [1.807, 2.05) is 6.92 Å². The molecule has 7 rings (SSSR count). The van der Waals surface area contributed by atoms with Crippen LogP contribution < -0.4 is 0 Å². The van der Waals surface area contributed by atoms with E-state index in [1.165, 1.54) is 0 Å². The van der Waals surface area contributed by atoms with Gasteiger partial charge in [0.2, 0.25) is 0 Å². The van der Waals surface area contributed by atoms with Crippen molar-refractivity contribution in [3.63, 3.8) is 0 Å². The zero-order chi connectivity index (χ0) is 66.9. The van der Waals surface area contributed by atoms with Gasteiger partial charge in [-0.05, 0) is 90.9 Å². The SMILES string of the molecule is CCC1(COCC(C)OCC2(CC)COC2)COC1.CCC1(COCCCCOCCOCC2(COCCCCOCCOCC3(COCCCCOCCOCC4(COCCCCOCCOC)COC4)COC3)COC2)COC1.CCOCCOCC1(CC)COC1. The predicted molar refractivity (Wildman–Crippen MR) is 355 cm³/mol. The van der Waals surface area contributed by atoms with Crippen LogP contribution in [0.15, 0.2) is 0 Å². The molecule has 94 heavy (non-hydrogen) atoms. The lowest BCUT2D eigenvalue weighted by molar-refractivity contribution is -0.180. The molecular formula is C71H134O23. The smallest absolute Gasteiger partial charge is 0.0780 e. The highest BCUT2D eigenvalue weighted by Crippen LogP contribution is 2.35. The molecule has 0 N–H and O–H groups in total. The fraction of sp³-hybridized carbons (Fsp3) is 1.00. The van der Waals surface area contributed by atoms with Crippen molar-refractivity contribution >= 4 is 0 Å². The first-order chi connectivity index (χ1) is 46.0. The van der Waals surface area contributed by atoms with Gasteiger partial charge in [0.1, 0.15) is 0 Å². The van der Waals surface area contributed by atoms with Crippen molar-refractivity contribution in [1.29, 1.82) is 0 Å². The normalized spacial score (nSPS) is 20.7. The van der Waals surface area contributed by atoms with Crippen molar-refractivity contribution in [1.82, 2.24) is 0 Å². The molecule has 0 aliphatic carbocycles. The topological polar surface area (TPSA) is 212 Å². The molecule has 0 amide bonds. The molecule has 7 aliphatic heterocycles. The number of methoxy groups -OCH3 is 1. The second-order valence-corrected chi connectivity index (χ2v) is 27.9. The summed E-state index contributed by atoms with van der Waals surface area (Å²) in [4.78, 5) is 0. The Morgan fingerprint density at radius 3 is 0.702 bits per heavy atom. The minimum atomic E-state index is -0.0561. The highest BCUT2D eigenvalue weighted by atomic mass is 16.6. The third-order valence-corrected chi connectivity index (χ3v) is 18.8. The van der Waals surface area contributed by atoms with Gasteiger partial charge in [-0.1, -0.05) is 27.7 Å². The Balaban J connectivity index is 0.000000402. The van der Waals surface area contributed by atoms with Gasteiger partial charge in [0, 0.05) is 88.2 Å². The molecule has 23 heteroatoms. The van der Waals surface area contributed by atoms with E-state index in [4.69, 9.17) is 109 Å². The van der Waals surface area contributed by atoms with Gasteiger partial charge in [0.25, 0.3) is 0 Å². The minimum Gasteiger partial charge on any atom is -0.382 e. The predicted octanol–water partition coefficient (Wildman–Crippen LogP) is 8.14. The van der Waals surface area contributed by atoms with Gasteiger partial charge in [-0.3, -0.25) is 0 Å². The van der Waals surface area contributed by atoms with E-state index in [0.29, 0.717) is 184 Å². The Morgan fingerprint density at radius 1 is 0.245 bits per heavy atom. The van der Waals surface area contributed by atoms with Crippen molar-refractivity contribution in [3.05, 3.63) is 0 Å². The van der Waals surface area contributed by atoms with Crippen LogP contribution in [0, 0.1) is 37.9 Å². The highest BCUT2D eigenvalue weighted by Gasteiger charge is 2.43. The molecular weight excluding hydrogens is 1220 g/mol. The molecule has 7 saturated heterocycles. The Morgan fingerprint density at radius 2 is 0.457 bits per heavy atom. The molecule has 0 aromatic rings. The van der Waals surface area contributed by atoms with Gasteiger partial charge in [0.15, 0.2) is 0 Å². The summed E-state index contributed by atoms with van der Waals surface area (Å²) in [5.74, 6) is 0. The van der Waals surface area contributed by atoms with Crippen LogP contribution in [0.25, 0.3) is 0 Å². The summed E-state index contributed by atoms with van der Waals surface area (Å²) in [6.07, 6.45) is 12.4. The Bertz CT molecular complexity index is 1740. The summed E-state index contributed by atoms with van der Waals surface area (Å²) in [6, 6.07) is 0. The zero-order valence-corrected chi connectivity index (χ0v) is 60.1. The first-order valence-electron chi connectivity index (χ1n) is 36.3. The third-order valence-electron chi connectivity index (χ3n) is 18.8. The van der Waals surface area contributed by atoms with Crippen molar-refractivity contribution < 1.29 is 109 Å². The maximum Gasteiger partial charge on any atom is 0.0780 e. The Kier molecular flexibility index (Phi) is 44.9. The lowest BCUT2D eigenvalue weighted by Crippen LogP contribution is -2.50. The van der Waals surface area contributed by atoms with Gasteiger partial charge in [-0.2, -0.15) is 0 Å². The number of ether oxygens (including phenoxy) is 23. The van der Waals surface area contributed by atoms with Crippen LogP contribution in [0.2, 0.25) is 0 Å². The Hall–Kier alpha value is -0.920. The molecule has 0 radical (unpaired) electrons. The molecule has 1 unspecified atom stereocenters. The van der Waals surface area contributed by atoms with Crippen LogP contribution in [-0.4, -0.2) is 304 Å². The molecule has 7 heterocycles. The Labute approximate surface area is 567 Å². The summed E-state index contributed by atoms with van der Waals surface area (Å²) in [7, 11) is 1.68. The lowest BCUT2D eigenvalue weighted by Gasteiger charge is -2.41.